The summed E-state index contributed by atoms with van der Waals surface area (Å²) in [6.07, 6.45) is 5.11. The molecule has 1 fully saturated rings. The third-order valence-corrected chi connectivity index (χ3v) is 14.7. The maximum atomic E-state index is 14.1. The van der Waals surface area contributed by atoms with Crippen LogP contribution in [0.4, 0.5) is 5.69 Å². The molecular weight excluding hydrogens is 977 g/mol. The second kappa shape index (κ2) is 24.6. The fourth-order valence-corrected chi connectivity index (χ4v) is 10.9. The van der Waals surface area contributed by atoms with Crippen molar-refractivity contribution >= 4 is 62.3 Å². The Morgan fingerprint density at radius 3 is 2.32 bits per heavy atom. The lowest BCUT2D eigenvalue weighted by atomic mass is 9.85. The number of anilines is 1. The van der Waals surface area contributed by atoms with E-state index < -0.39 is 68.9 Å². The minimum atomic E-state index is -3.70. The van der Waals surface area contributed by atoms with Gasteiger partial charge < -0.3 is 40.2 Å². The summed E-state index contributed by atoms with van der Waals surface area (Å²) in [5.41, 5.74) is 4.28. The number of amides is 6. The van der Waals surface area contributed by atoms with Gasteiger partial charge in [-0.2, -0.15) is 0 Å². The van der Waals surface area contributed by atoms with E-state index in [1.165, 1.54) is 36.3 Å². The van der Waals surface area contributed by atoms with E-state index in [4.69, 9.17) is 14.2 Å². The van der Waals surface area contributed by atoms with Crippen molar-refractivity contribution in [2.75, 3.05) is 44.2 Å². The number of rotatable bonds is 24. The Balaban J connectivity index is 0.997. The Morgan fingerprint density at radius 2 is 1.66 bits per heavy atom. The number of aryl methyl sites for hydroxylation is 1. The van der Waals surface area contributed by atoms with Crippen molar-refractivity contribution in [1.82, 2.24) is 25.4 Å². The molecule has 73 heavy (non-hydrogen) atoms. The van der Waals surface area contributed by atoms with Crippen LogP contribution in [-0.2, 0) is 35.6 Å². The van der Waals surface area contributed by atoms with Gasteiger partial charge in [-0.25, -0.2) is 13.4 Å². The lowest BCUT2D eigenvalue weighted by Crippen LogP contribution is -2.57. The largest absolute Gasteiger partial charge is 0.493 e. The number of fused-ring (bicyclic) bond motifs is 1. The van der Waals surface area contributed by atoms with Crippen LogP contribution in [0.3, 0.4) is 0 Å². The molecule has 0 spiro atoms. The third-order valence-electron chi connectivity index (χ3n) is 12.8. The second-order valence-electron chi connectivity index (χ2n) is 19.6. The minimum absolute atomic E-state index is 0.00199. The Kier molecular flexibility index (Phi) is 18.8. The van der Waals surface area contributed by atoms with Gasteiger partial charge in [-0.05, 0) is 73.6 Å². The average molecular weight is 1050 g/mol. The van der Waals surface area contributed by atoms with Crippen molar-refractivity contribution < 1.29 is 56.5 Å². The van der Waals surface area contributed by atoms with Crippen LogP contribution in [-0.4, -0.2) is 121 Å². The van der Waals surface area contributed by atoms with E-state index in [0.717, 1.165) is 65.0 Å². The summed E-state index contributed by atoms with van der Waals surface area (Å²) in [5.74, 6) is -2.13. The number of carbonyl (C=O) groups excluding carboxylic acids is 6. The summed E-state index contributed by atoms with van der Waals surface area (Å²) >= 11 is 1.52. The molecule has 0 saturated carbocycles. The molecule has 0 aliphatic carbocycles. The first-order valence-corrected chi connectivity index (χ1v) is 27.5. The number of ether oxygens (including phenoxy) is 3. The molecule has 0 radical (unpaired) electrons. The first kappa shape index (κ1) is 55.9. The van der Waals surface area contributed by atoms with E-state index >= 15 is 0 Å². The van der Waals surface area contributed by atoms with E-state index in [9.17, 15) is 42.3 Å². The van der Waals surface area contributed by atoms with Gasteiger partial charge in [-0.1, -0.05) is 70.7 Å². The van der Waals surface area contributed by atoms with Gasteiger partial charge in [0, 0.05) is 44.7 Å². The number of nitrogens with zero attached hydrogens (tertiary/aromatic N) is 3. The Bertz CT molecular complexity index is 2790. The number of aromatic nitrogens is 1. The maximum Gasteiger partial charge on any atom is 0.264 e. The lowest BCUT2D eigenvalue weighted by molar-refractivity contribution is -0.143. The number of carbonyl (C=O) groups is 6. The van der Waals surface area contributed by atoms with Crippen LogP contribution in [0.1, 0.15) is 130 Å². The Hall–Kier alpha value is -6.38. The van der Waals surface area contributed by atoms with Crippen LogP contribution in [0.15, 0.2) is 60.1 Å². The van der Waals surface area contributed by atoms with Crippen molar-refractivity contribution in [3.63, 3.8) is 0 Å². The van der Waals surface area contributed by atoms with E-state index in [2.05, 4.69) is 20.9 Å². The molecule has 18 nitrogen and oxygen atoms in total. The maximum absolute atomic E-state index is 14.1. The Morgan fingerprint density at radius 1 is 0.932 bits per heavy atom. The van der Waals surface area contributed by atoms with Crippen LogP contribution < -0.4 is 30.2 Å². The number of aliphatic hydroxyl groups is 1. The van der Waals surface area contributed by atoms with Gasteiger partial charge in [0.15, 0.2) is 11.5 Å². The summed E-state index contributed by atoms with van der Waals surface area (Å²) < 4.78 is 42.8. The highest BCUT2D eigenvalue weighted by molar-refractivity contribution is 7.90. The van der Waals surface area contributed by atoms with Gasteiger partial charge in [-0.15, -0.1) is 11.3 Å². The number of aliphatic hydroxyl groups excluding tert-OH is 1. The Labute approximate surface area is 431 Å². The van der Waals surface area contributed by atoms with Crippen LogP contribution in [0.5, 0.6) is 17.2 Å². The fourth-order valence-electron chi connectivity index (χ4n) is 9.13. The van der Waals surface area contributed by atoms with Gasteiger partial charge in [0.05, 0.1) is 71.1 Å². The van der Waals surface area contributed by atoms with Crippen molar-refractivity contribution in [1.29, 1.82) is 0 Å². The lowest BCUT2D eigenvalue weighted by Gasteiger charge is -2.35. The molecule has 0 bridgehead atoms. The zero-order valence-corrected chi connectivity index (χ0v) is 44.5. The molecule has 0 unspecified atom stereocenters. The number of thiazole rings is 1. The highest BCUT2D eigenvalue weighted by Crippen LogP contribution is 2.39. The summed E-state index contributed by atoms with van der Waals surface area (Å²) in [4.78, 5) is 88.3. The minimum Gasteiger partial charge on any atom is -0.493 e. The number of sulfone groups is 1. The number of hydrogen-bond donors (Lipinski definition) is 4. The molecule has 4 aromatic rings. The summed E-state index contributed by atoms with van der Waals surface area (Å²) in [6.45, 7) is 11.3. The quantitative estimate of drug-likeness (QED) is 0.0418. The van der Waals surface area contributed by atoms with E-state index in [-0.39, 0.29) is 54.6 Å². The SMILES string of the molecule is CCOc1cc([C@@H](CS(C)(=O)=O)N2C(=O)c3cccc(NC(=O)CCCCCCCCOc4cc(-c5scnc5C)ccc4CNC(=O)[C@@H]4C[C@@H](O)CN4C(=O)[C@@H](NC(C)=O)C(C)(C)C)c3C2=O)ccc1OC. The normalized spacial score (nSPS) is 16.5. The monoisotopic (exact) mass is 1040 g/mol. The van der Waals surface area contributed by atoms with Crippen LogP contribution in [0.2, 0.25) is 0 Å². The molecule has 3 aromatic carbocycles. The van der Waals surface area contributed by atoms with Gasteiger partial charge >= 0.3 is 0 Å². The first-order chi connectivity index (χ1) is 34.6. The highest BCUT2D eigenvalue weighted by Gasteiger charge is 2.45. The number of imide groups is 1. The molecule has 1 saturated heterocycles. The van der Waals surface area contributed by atoms with Crippen LogP contribution in [0, 0.1) is 12.3 Å². The standard InChI is InChI=1S/C53H68N6O12S2/c1-9-70-44-25-34(22-23-42(44)69-7)41(30-73(8,67)68)59-50(64)38-17-16-18-39(46(38)51(59)65)57-45(62)19-14-12-10-11-13-15-24-71-43-26-35(47-32(2)55-31-72-47)20-21-36(43)28-54-49(63)40-27-37(61)29-58(40)52(66)48(53(4,5)6)56-33(3)60/h16-18,20-23,25-26,31,37,40-41,48,61H,9-15,19,24,27-30H2,1-8H3,(H,54,63)(H,56,60)(H,57,62)/t37-,40+,41-,48-/m1/s1. The van der Waals surface area contributed by atoms with Gasteiger partial charge in [0.2, 0.25) is 23.6 Å². The molecule has 4 N–H and O–H groups in total. The van der Waals surface area contributed by atoms with Crippen molar-refractivity contribution in [2.24, 2.45) is 5.41 Å². The zero-order valence-electron chi connectivity index (χ0n) is 42.9. The molecule has 2 aliphatic rings. The number of nitrogens with one attached hydrogen (secondary N) is 3. The summed E-state index contributed by atoms with van der Waals surface area (Å²) in [6, 6.07) is 12.2. The predicted molar refractivity (Wildman–Crippen MR) is 277 cm³/mol. The number of likely N-dealkylation sites (tertiary alicyclic amines) is 1. The number of β-amino-alcohol motifs (C(OH)–C–C–N with tert-alkyl or cyclic N) is 1. The number of benzene rings is 3. The van der Waals surface area contributed by atoms with Crippen LogP contribution >= 0.6 is 11.3 Å². The molecule has 6 rings (SSSR count). The van der Waals surface area contributed by atoms with E-state index in [0.29, 0.717) is 42.4 Å². The molecule has 3 heterocycles. The van der Waals surface area contributed by atoms with Gasteiger partial charge in [0.1, 0.15) is 27.7 Å². The third kappa shape index (κ3) is 14.2. The zero-order chi connectivity index (χ0) is 53.2. The number of methoxy groups -OCH3 is 1. The molecule has 394 valence electrons. The molecule has 2 aliphatic heterocycles. The number of unbranched alkanes of at least 4 members (excludes halogenated alkanes) is 5. The van der Waals surface area contributed by atoms with Crippen molar-refractivity contribution in [2.45, 2.75) is 124 Å². The molecular formula is C53H68N6O12S2. The van der Waals surface area contributed by atoms with E-state index in [1.807, 2.05) is 45.9 Å². The molecule has 1 aromatic heterocycles. The summed E-state index contributed by atoms with van der Waals surface area (Å²) in [7, 11) is -2.24. The van der Waals surface area contributed by atoms with Gasteiger partial charge in [0.25, 0.3) is 11.8 Å². The fraction of sp³-hybridized carbons (Fsp3) is 0.491. The average Bonchev–Trinajstić information content (AvgIpc) is 4.02. The predicted octanol–water partition coefficient (Wildman–Crippen LogP) is 6.78. The van der Waals surface area contributed by atoms with Gasteiger partial charge in [-0.3, -0.25) is 33.7 Å². The number of hydrogen-bond acceptors (Lipinski definition) is 14. The molecule has 4 atom stereocenters. The van der Waals surface area contributed by atoms with Crippen molar-refractivity contribution in [3.8, 4) is 27.7 Å². The summed E-state index contributed by atoms with van der Waals surface area (Å²) in [5, 5.41) is 19.1. The molecule has 6 amide bonds. The van der Waals surface area contributed by atoms with Crippen molar-refractivity contribution in [3.05, 3.63) is 88.1 Å². The topological polar surface area (TPSA) is 240 Å². The second-order valence-corrected chi connectivity index (χ2v) is 22.7. The smallest absolute Gasteiger partial charge is 0.264 e. The molecule has 20 heteroatoms. The van der Waals surface area contributed by atoms with E-state index in [1.54, 1.807) is 42.8 Å². The first-order valence-electron chi connectivity index (χ1n) is 24.6. The highest BCUT2D eigenvalue weighted by atomic mass is 32.2. The van der Waals surface area contributed by atoms with Crippen LogP contribution in [0.25, 0.3) is 10.4 Å².